The van der Waals surface area contributed by atoms with Gasteiger partial charge in [0.15, 0.2) is 0 Å². The number of carbonyl (C=O) groups is 1. The summed E-state index contributed by atoms with van der Waals surface area (Å²) in [7, 11) is 0. The van der Waals surface area contributed by atoms with Crippen LogP contribution in [0.2, 0.25) is 0 Å². The molecule has 2 aromatic carbocycles. The molecule has 3 aromatic rings. The Labute approximate surface area is 142 Å². The normalized spacial score (nSPS) is 11.5. The van der Waals surface area contributed by atoms with Crippen LogP contribution in [-0.4, -0.2) is 35.1 Å². The minimum atomic E-state index is -0.457. The van der Waals surface area contributed by atoms with Gasteiger partial charge in [-0.3, -0.25) is 0 Å². The summed E-state index contributed by atoms with van der Waals surface area (Å²) in [6.45, 7) is 1.39. The zero-order chi connectivity index (χ0) is 17.1. The van der Waals surface area contributed by atoms with Crippen molar-refractivity contribution in [3.05, 3.63) is 69.1 Å². The van der Waals surface area contributed by atoms with Crippen LogP contribution in [0.15, 0.2) is 59.6 Å². The maximum atomic E-state index is 11.4. The first kappa shape index (κ1) is 16.0. The van der Waals surface area contributed by atoms with Gasteiger partial charge in [0.05, 0.1) is 0 Å². The summed E-state index contributed by atoms with van der Waals surface area (Å²) in [5.41, 5.74) is 1.60. The molecule has 0 aliphatic heterocycles. The third-order valence-electron chi connectivity index (χ3n) is 3.14. The molecule has 1 amide bonds. The SMILES string of the molecule is CC(=O)N=c1[se]c(-c2ccccc2)nn1-c1ccc([N+](=O)[O-])cc1. The van der Waals surface area contributed by atoms with Gasteiger partial charge in [0.2, 0.25) is 0 Å². The first-order valence-corrected chi connectivity index (χ1v) is 8.71. The summed E-state index contributed by atoms with van der Waals surface area (Å²) in [5.74, 6) is -0.303. The second kappa shape index (κ2) is 6.74. The molecule has 0 fully saturated rings. The Morgan fingerprint density at radius 1 is 1.17 bits per heavy atom. The van der Waals surface area contributed by atoms with Crippen LogP contribution in [0.4, 0.5) is 5.69 Å². The van der Waals surface area contributed by atoms with Gasteiger partial charge in [-0.1, -0.05) is 0 Å². The van der Waals surface area contributed by atoms with Crippen LogP contribution >= 0.6 is 0 Å². The van der Waals surface area contributed by atoms with Crippen molar-refractivity contribution >= 4 is 26.1 Å². The van der Waals surface area contributed by atoms with E-state index in [1.54, 1.807) is 16.8 Å². The Morgan fingerprint density at radius 3 is 2.42 bits per heavy atom. The second-order valence-corrected chi connectivity index (χ2v) is 6.88. The van der Waals surface area contributed by atoms with Crippen molar-refractivity contribution in [1.82, 2.24) is 9.78 Å². The molecular formula is C16H12N4O3Se. The van der Waals surface area contributed by atoms with Crippen LogP contribution in [0, 0.1) is 10.1 Å². The number of nitro benzene ring substituents is 1. The number of nitrogens with zero attached hydrogens (tertiary/aromatic N) is 4. The topological polar surface area (TPSA) is 90.4 Å². The second-order valence-electron chi connectivity index (χ2n) is 4.87. The summed E-state index contributed by atoms with van der Waals surface area (Å²) < 4.78 is 2.98. The fourth-order valence-corrected chi connectivity index (χ4v) is 4.08. The molecule has 0 unspecified atom stereocenters. The maximum absolute atomic E-state index is 11.4. The molecule has 1 aromatic heterocycles. The molecular weight excluding hydrogens is 375 g/mol. The molecule has 0 saturated carbocycles. The van der Waals surface area contributed by atoms with E-state index in [2.05, 4.69) is 10.1 Å². The molecule has 7 nitrogen and oxygen atoms in total. The van der Waals surface area contributed by atoms with Crippen molar-refractivity contribution in [3.8, 4) is 15.8 Å². The first-order valence-electron chi connectivity index (χ1n) is 7.00. The first-order chi connectivity index (χ1) is 11.5. The van der Waals surface area contributed by atoms with E-state index < -0.39 is 4.92 Å². The van der Waals surface area contributed by atoms with Gasteiger partial charge in [-0.2, -0.15) is 0 Å². The van der Waals surface area contributed by atoms with Gasteiger partial charge >= 0.3 is 142 Å². The molecule has 8 heteroatoms. The fraction of sp³-hybridized carbons (Fsp3) is 0.0625. The predicted molar refractivity (Wildman–Crippen MR) is 88.8 cm³/mol. The van der Waals surface area contributed by atoms with Crippen LogP contribution in [0.5, 0.6) is 0 Å². The van der Waals surface area contributed by atoms with Crippen LogP contribution in [0.25, 0.3) is 15.8 Å². The molecule has 0 radical (unpaired) electrons. The van der Waals surface area contributed by atoms with Gasteiger partial charge in [0.1, 0.15) is 0 Å². The molecule has 0 aliphatic carbocycles. The summed E-state index contributed by atoms with van der Waals surface area (Å²) in [6, 6.07) is 15.7. The van der Waals surface area contributed by atoms with Crippen LogP contribution in [0.3, 0.4) is 0 Å². The molecule has 0 bridgehead atoms. The van der Waals surface area contributed by atoms with Gasteiger partial charge in [-0.15, -0.1) is 0 Å². The van der Waals surface area contributed by atoms with E-state index in [4.69, 9.17) is 0 Å². The molecule has 120 valence electrons. The summed E-state index contributed by atoms with van der Waals surface area (Å²) in [6.07, 6.45) is 0. The Balaban J connectivity index is 2.14. The molecule has 0 atom stereocenters. The number of rotatable bonds is 3. The van der Waals surface area contributed by atoms with Gasteiger partial charge in [-0.05, 0) is 0 Å². The van der Waals surface area contributed by atoms with E-state index in [1.165, 1.54) is 19.1 Å². The van der Waals surface area contributed by atoms with E-state index in [-0.39, 0.29) is 26.1 Å². The molecule has 0 saturated heterocycles. The number of nitro groups is 1. The molecule has 0 N–H and O–H groups in total. The number of hydrogen-bond acceptors (Lipinski definition) is 4. The quantitative estimate of drug-likeness (QED) is 0.390. The van der Waals surface area contributed by atoms with E-state index in [9.17, 15) is 14.9 Å². The molecule has 3 rings (SSSR count). The average molecular weight is 387 g/mol. The van der Waals surface area contributed by atoms with Crippen molar-refractivity contribution < 1.29 is 9.72 Å². The van der Waals surface area contributed by atoms with Crippen molar-refractivity contribution in [2.24, 2.45) is 4.99 Å². The number of non-ortho nitro benzene ring substituents is 1. The monoisotopic (exact) mass is 388 g/mol. The number of amides is 1. The number of carbonyl (C=O) groups excluding carboxylic acids is 1. The third-order valence-corrected chi connectivity index (χ3v) is 5.15. The van der Waals surface area contributed by atoms with E-state index in [0.717, 1.165) is 10.1 Å². The van der Waals surface area contributed by atoms with E-state index in [0.29, 0.717) is 10.0 Å². The Bertz CT molecular complexity index is 959. The molecule has 0 spiro atoms. The Hall–Kier alpha value is -2.83. The summed E-state index contributed by atoms with van der Waals surface area (Å²) in [5, 5.41) is 15.3. The van der Waals surface area contributed by atoms with Gasteiger partial charge in [-0.25, -0.2) is 0 Å². The van der Waals surface area contributed by atoms with Crippen molar-refractivity contribution in [1.29, 1.82) is 0 Å². The average Bonchev–Trinajstić information content (AvgIpc) is 2.99. The number of aromatic nitrogens is 2. The van der Waals surface area contributed by atoms with Crippen molar-refractivity contribution in [2.45, 2.75) is 6.92 Å². The van der Waals surface area contributed by atoms with Crippen LogP contribution < -0.4 is 4.36 Å². The number of hydrogen-bond donors (Lipinski definition) is 0. The van der Waals surface area contributed by atoms with Gasteiger partial charge in [0, 0.05) is 0 Å². The third kappa shape index (κ3) is 3.40. The van der Waals surface area contributed by atoms with Crippen molar-refractivity contribution in [3.63, 3.8) is 0 Å². The molecule has 0 aliphatic rings. The van der Waals surface area contributed by atoms with Gasteiger partial charge < -0.3 is 0 Å². The van der Waals surface area contributed by atoms with E-state index >= 15 is 0 Å². The zero-order valence-electron chi connectivity index (χ0n) is 12.6. The summed E-state index contributed by atoms with van der Waals surface area (Å²) in [4.78, 5) is 25.8. The minimum absolute atomic E-state index is 0.000719. The Kier molecular flexibility index (Phi) is 4.50. The fourth-order valence-electron chi connectivity index (χ4n) is 2.07. The van der Waals surface area contributed by atoms with Crippen LogP contribution in [-0.2, 0) is 4.79 Å². The Morgan fingerprint density at radius 2 is 1.83 bits per heavy atom. The number of benzene rings is 2. The molecule has 1 heterocycles. The van der Waals surface area contributed by atoms with Crippen molar-refractivity contribution in [2.75, 3.05) is 0 Å². The van der Waals surface area contributed by atoms with Gasteiger partial charge in [0.25, 0.3) is 0 Å². The predicted octanol–water partition coefficient (Wildman–Crippen LogP) is 1.95. The van der Waals surface area contributed by atoms with E-state index in [1.807, 2.05) is 30.3 Å². The molecule has 24 heavy (non-hydrogen) atoms. The summed E-state index contributed by atoms with van der Waals surface area (Å²) >= 11 is -0.227. The standard InChI is InChI=1S/C16H12N4O3Se/c1-11(21)17-16-19(13-7-9-14(10-8-13)20(22)23)18-15(24-16)12-5-3-2-4-6-12/h2-10H,1H3. The van der Waals surface area contributed by atoms with Crippen LogP contribution in [0.1, 0.15) is 6.92 Å². The zero-order valence-corrected chi connectivity index (χ0v) is 14.3.